The first-order valence-electron chi connectivity index (χ1n) is 9.53. The van der Waals surface area contributed by atoms with Crippen LogP contribution in [-0.4, -0.2) is 42.2 Å². The largest absolute Gasteiger partial charge is 0.499 e. The van der Waals surface area contributed by atoms with Gasteiger partial charge in [0.05, 0.1) is 12.2 Å². The maximum absolute atomic E-state index is 11.2. The summed E-state index contributed by atoms with van der Waals surface area (Å²) in [5.74, 6) is -0.937. The summed E-state index contributed by atoms with van der Waals surface area (Å²) in [5, 5.41) is 9.21. The van der Waals surface area contributed by atoms with Crippen molar-refractivity contribution in [3.63, 3.8) is 0 Å². The van der Waals surface area contributed by atoms with Crippen molar-refractivity contribution in [2.75, 3.05) is 26.2 Å². The van der Waals surface area contributed by atoms with Crippen molar-refractivity contribution in [1.29, 1.82) is 0 Å². The Morgan fingerprint density at radius 3 is 2.61 bits per heavy atom. The van der Waals surface area contributed by atoms with Gasteiger partial charge in [0.15, 0.2) is 0 Å². The monoisotopic (exact) mass is 401 g/mol. The summed E-state index contributed by atoms with van der Waals surface area (Å²) >= 11 is 0. The maximum Gasteiger partial charge on any atom is 0.307 e. The molecule has 1 saturated heterocycles. The molecule has 0 saturated carbocycles. The van der Waals surface area contributed by atoms with Gasteiger partial charge >= 0.3 is 5.97 Å². The van der Waals surface area contributed by atoms with Gasteiger partial charge in [-0.25, -0.2) is 0 Å². The molecule has 5 heteroatoms. The van der Waals surface area contributed by atoms with E-state index in [-0.39, 0.29) is 18.3 Å². The van der Waals surface area contributed by atoms with E-state index in [1.807, 2.05) is 36.6 Å². The Balaban J connectivity index is 0.00000280. The fraction of sp³-hybridized carbons (Fsp3) is 0.348. The van der Waals surface area contributed by atoms with Crippen LogP contribution in [-0.2, 0) is 9.53 Å². The van der Waals surface area contributed by atoms with Crippen LogP contribution in [0, 0.1) is 12.8 Å². The lowest BCUT2D eigenvalue weighted by Crippen LogP contribution is -2.40. The molecule has 1 heterocycles. The molecule has 150 valence electrons. The second-order valence-electron chi connectivity index (χ2n) is 7.06. The van der Waals surface area contributed by atoms with Crippen LogP contribution in [0.1, 0.15) is 29.5 Å². The van der Waals surface area contributed by atoms with E-state index in [4.69, 9.17) is 4.74 Å². The van der Waals surface area contributed by atoms with Crippen LogP contribution < -0.4 is 0 Å². The fourth-order valence-electron chi connectivity index (χ4n) is 3.56. The molecule has 2 aromatic carbocycles. The molecular weight excluding hydrogens is 374 g/mol. The van der Waals surface area contributed by atoms with Gasteiger partial charge in [0.2, 0.25) is 0 Å². The maximum atomic E-state index is 11.2. The Morgan fingerprint density at radius 1 is 1.18 bits per heavy atom. The van der Waals surface area contributed by atoms with Crippen molar-refractivity contribution in [2.45, 2.75) is 19.8 Å². The number of rotatable bonds is 7. The molecule has 28 heavy (non-hydrogen) atoms. The quantitative estimate of drug-likeness (QED) is 0.543. The molecule has 1 unspecified atom stereocenters. The van der Waals surface area contributed by atoms with Crippen LogP contribution in [0.4, 0.5) is 0 Å². The molecule has 0 spiro atoms. The third-order valence-electron chi connectivity index (χ3n) is 5.10. The van der Waals surface area contributed by atoms with Crippen LogP contribution in [0.25, 0.3) is 5.57 Å². The number of ether oxygens (including phenoxy) is 1. The van der Waals surface area contributed by atoms with Crippen molar-refractivity contribution in [2.24, 2.45) is 5.92 Å². The summed E-state index contributed by atoms with van der Waals surface area (Å²) in [6.45, 7) is 4.96. The van der Waals surface area contributed by atoms with Crippen LogP contribution in [0.3, 0.4) is 0 Å². The molecule has 0 aromatic heterocycles. The molecule has 1 fully saturated rings. The van der Waals surface area contributed by atoms with Crippen molar-refractivity contribution < 1.29 is 14.6 Å². The van der Waals surface area contributed by atoms with E-state index in [9.17, 15) is 9.90 Å². The number of carbonyl (C=O) groups is 1. The zero-order valence-corrected chi connectivity index (χ0v) is 17.0. The summed E-state index contributed by atoms with van der Waals surface area (Å²) in [5.41, 5.74) is 4.55. The first-order valence-corrected chi connectivity index (χ1v) is 9.53. The van der Waals surface area contributed by atoms with Gasteiger partial charge in [0.25, 0.3) is 0 Å². The minimum absolute atomic E-state index is 0. The predicted octanol–water partition coefficient (Wildman–Crippen LogP) is 4.62. The van der Waals surface area contributed by atoms with Gasteiger partial charge in [-0.3, -0.25) is 9.69 Å². The molecule has 0 amide bonds. The van der Waals surface area contributed by atoms with Crippen molar-refractivity contribution in [1.82, 2.24) is 4.90 Å². The minimum atomic E-state index is -0.688. The summed E-state index contributed by atoms with van der Waals surface area (Å²) in [7, 11) is 0. The highest BCUT2D eigenvalue weighted by Gasteiger charge is 2.24. The molecule has 4 nitrogen and oxygen atoms in total. The number of carboxylic acid groups (broad SMARTS) is 1. The molecule has 0 radical (unpaired) electrons. The smallest absolute Gasteiger partial charge is 0.307 e. The summed E-state index contributed by atoms with van der Waals surface area (Å²) in [6, 6.07) is 18.5. The van der Waals surface area contributed by atoms with Gasteiger partial charge in [-0.05, 0) is 43.0 Å². The number of halogens is 1. The lowest BCUT2D eigenvalue weighted by molar-refractivity contribution is -0.143. The zero-order chi connectivity index (χ0) is 19.1. The van der Waals surface area contributed by atoms with Gasteiger partial charge in [-0.15, -0.1) is 12.4 Å². The number of nitrogens with zero attached hydrogens (tertiary/aromatic N) is 1. The topological polar surface area (TPSA) is 49.8 Å². The first-order chi connectivity index (χ1) is 13.1. The molecule has 0 bridgehead atoms. The lowest BCUT2D eigenvalue weighted by Gasteiger charge is -2.30. The van der Waals surface area contributed by atoms with E-state index >= 15 is 0 Å². The average Bonchev–Trinajstić information content (AvgIpc) is 2.70. The SMILES string of the molecule is Cc1ccccc1/C(=C/OCCN1CCCC(C(=O)O)C1)c1ccccc1.Cl. The number of aryl methyl sites for hydroxylation is 1. The fourth-order valence-corrected chi connectivity index (χ4v) is 3.56. The number of hydrogen-bond acceptors (Lipinski definition) is 3. The van der Waals surface area contributed by atoms with Crippen molar-refractivity contribution in [3.05, 3.63) is 77.5 Å². The van der Waals surface area contributed by atoms with Crippen LogP contribution >= 0.6 is 12.4 Å². The summed E-state index contributed by atoms with van der Waals surface area (Å²) in [6.07, 6.45) is 3.56. The summed E-state index contributed by atoms with van der Waals surface area (Å²) in [4.78, 5) is 13.4. The second kappa shape index (κ2) is 10.9. The predicted molar refractivity (Wildman–Crippen MR) is 115 cm³/mol. The van der Waals surface area contributed by atoms with Crippen LogP contribution in [0.5, 0.6) is 0 Å². The van der Waals surface area contributed by atoms with E-state index in [0.29, 0.717) is 13.2 Å². The van der Waals surface area contributed by atoms with Crippen LogP contribution in [0.2, 0.25) is 0 Å². The van der Waals surface area contributed by atoms with Gasteiger partial charge in [0.1, 0.15) is 6.61 Å². The Morgan fingerprint density at radius 2 is 1.89 bits per heavy atom. The number of likely N-dealkylation sites (tertiary alicyclic amines) is 1. The van der Waals surface area contributed by atoms with E-state index in [0.717, 1.165) is 42.6 Å². The Hall–Kier alpha value is -2.30. The number of benzene rings is 2. The Kier molecular flexibility index (Phi) is 8.55. The van der Waals surface area contributed by atoms with Gasteiger partial charge in [0, 0.05) is 18.7 Å². The van der Waals surface area contributed by atoms with Crippen molar-refractivity contribution in [3.8, 4) is 0 Å². The molecule has 3 rings (SSSR count). The number of carboxylic acids is 1. The number of aliphatic carboxylic acids is 1. The third-order valence-corrected chi connectivity index (χ3v) is 5.10. The van der Waals surface area contributed by atoms with E-state index < -0.39 is 5.97 Å². The highest BCUT2D eigenvalue weighted by molar-refractivity contribution is 5.85. The zero-order valence-electron chi connectivity index (χ0n) is 16.2. The van der Waals surface area contributed by atoms with Gasteiger partial charge in [-0.2, -0.15) is 0 Å². The normalized spacial score (nSPS) is 17.6. The molecule has 1 aliphatic rings. The van der Waals surface area contributed by atoms with Crippen LogP contribution in [0.15, 0.2) is 60.9 Å². The average molecular weight is 402 g/mol. The lowest BCUT2D eigenvalue weighted by atomic mass is 9.95. The van der Waals surface area contributed by atoms with E-state index in [1.165, 1.54) is 5.56 Å². The Labute approximate surface area is 173 Å². The van der Waals surface area contributed by atoms with E-state index in [1.54, 1.807) is 0 Å². The van der Waals surface area contributed by atoms with Crippen molar-refractivity contribution >= 4 is 23.9 Å². The van der Waals surface area contributed by atoms with Gasteiger partial charge in [-0.1, -0.05) is 54.6 Å². The van der Waals surface area contributed by atoms with E-state index in [2.05, 4.69) is 36.1 Å². The third kappa shape index (κ3) is 5.85. The molecule has 1 N–H and O–H groups in total. The Bertz CT molecular complexity index is 791. The molecule has 1 atom stereocenters. The number of hydrogen-bond donors (Lipinski definition) is 1. The summed E-state index contributed by atoms with van der Waals surface area (Å²) < 4.78 is 5.91. The molecular formula is C23H28ClNO3. The molecule has 0 aliphatic carbocycles. The first kappa shape index (κ1) is 22.0. The standard InChI is InChI=1S/C23H27NO3.ClH/c1-18-8-5-6-12-21(18)22(19-9-3-2-4-10-19)17-27-15-14-24-13-7-11-20(16-24)23(25)26;/h2-6,8-10,12,17,20H,7,11,13-16H2,1H3,(H,25,26);1H/b22-17+;. The van der Waals surface area contributed by atoms with Gasteiger partial charge < -0.3 is 9.84 Å². The highest BCUT2D eigenvalue weighted by Crippen LogP contribution is 2.26. The highest BCUT2D eigenvalue weighted by atomic mass is 35.5. The molecule has 1 aliphatic heterocycles. The minimum Gasteiger partial charge on any atom is -0.499 e. The molecule has 2 aromatic rings. The number of piperidine rings is 1. The second-order valence-corrected chi connectivity index (χ2v) is 7.06.